The van der Waals surface area contributed by atoms with Crippen molar-refractivity contribution in [2.45, 2.75) is 13.0 Å². The molecule has 0 spiro atoms. The maximum atomic E-state index is 13.0. The zero-order valence-corrected chi connectivity index (χ0v) is 17.3. The van der Waals surface area contributed by atoms with Crippen molar-refractivity contribution in [1.29, 1.82) is 0 Å². The first kappa shape index (κ1) is 21.3. The summed E-state index contributed by atoms with van der Waals surface area (Å²) in [5.74, 6) is 0.201. The number of nitrogens with one attached hydrogen (secondary N) is 1. The first-order valence-electron chi connectivity index (χ1n) is 9.13. The lowest BCUT2D eigenvalue weighted by atomic mass is 10.2. The number of hydrogen-bond acceptors (Lipinski definition) is 4. The van der Waals surface area contributed by atoms with Gasteiger partial charge in [0.25, 0.3) is 0 Å². The SMILES string of the molecule is CC(C(=O)Nc1ccc(F)cc1)N(c1ccc(Oc2ccccc2)cc1)S(C)(=O)=O. The highest BCUT2D eigenvalue weighted by atomic mass is 32.2. The van der Waals surface area contributed by atoms with Crippen molar-refractivity contribution in [1.82, 2.24) is 0 Å². The minimum atomic E-state index is -3.76. The van der Waals surface area contributed by atoms with E-state index in [4.69, 9.17) is 4.74 Å². The second-order valence-electron chi connectivity index (χ2n) is 6.64. The number of para-hydroxylation sites is 1. The summed E-state index contributed by atoms with van der Waals surface area (Å²) in [7, 11) is -3.76. The van der Waals surface area contributed by atoms with Gasteiger partial charge in [-0.3, -0.25) is 9.10 Å². The summed E-state index contributed by atoms with van der Waals surface area (Å²) in [4.78, 5) is 12.6. The van der Waals surface area contributed by atoms with Crippen molar-refractivity contribution in [3.05, 3.63) is 84.7 Å². The normalized spacial score (nSPS) is 12.1. The molecule has 0 fully saturated rings. The molecule has 30 heavy (non-hydrogen) atoms. The summed E-state index contributed by atoms with van der Waals surface area (Å²) in [6.07, 6.45) is 1.03. The minimum absolute atomic E-state index is 0.319. The fourth-order valence-electron chi connectivity index (χ4n) is 2.87. The number of ether oxygens (including phenoxy) is 1. The Kier molecular flexibility index (Phi) is 6.37. The van der Waals surface area contributed by atoms with E-state index in [1.807, 2.05) is 18.2 Å². The van der Waals surface area contributed by atoms with E-state index in [0.29, 0.717) is 22.9 Å². The average Bonchev–Trinajstić information content (AvgIpc) is 2.71. The molecule has 6 nitrogen and oxygen atoms in total. The van der Waals surface area contributed by atoms with E-state index in [0.717, 1.165) is 10.6 Å². The fourth-order valence-corrected chi connectivity index (χ4v) is 4.05. The first-order valence-corrected chi connectivity index (χ1v) is 11.0. The highest BCUT2D eigenvalue weighted by Crippen LogP contribution is 2.27. The van der Waals surface area contributed by atoms with E-state index in [2.05, 4.69) is 5.32 Å². The van der Waals surface area contributed by atoms with Gasteiger partial charge in [0.2, 0.25) is 15.9 Å². The molecule has 1 amide bonds. The Balaban J connectivity index is 1.79. The quantitative estimate of drug-likeness (QED) is 0.605. The van der Waals surface area contributed by atoms with Gasteiger partial charge in [-0.25, -0.2) is 12.8 Å². The largest absolute Gasteiger partial charge is 0.457 e. The van der Waals surface area contributed by atoms with Crippen LogP contribution in [0.25, 0.3) is 0 Å². The zero-order valence-electron chi connectivity index (χ0n) is 16.4. The lowest BCUT2D eigenvalue weighted by Crippen LogP contribution is -2.45. The van der Waals surface area contributed by atoms with Crippen molar-refractivity contribution >= 4 is 27.3 Å². The molecule has 1 unspecified atom stereocenters. The molecule has 1 atom stereocenters. The van der Waals surface area contributed by atoms with Gasteiger partial charge in [-0.05, 0) is 67.6 Å². The van der Waals surface area contributed by atoms with E-state index in [-0.39, 0.29) is 0 Å². The number of halogens is 1. The van der Waals surface area contributed by atoms with Crippen LogP contribution in [0.4, 0.5) is 15.8 Å². The number of nitrogens with zero attached hydrogens (tertiary/aromatic N) is 1. The van der Waals surface area contributed by atoms with Gasteiger partial charge < -0.3 is 10.1 Å². The maximum absolute atomic E-state index is 13.0. The smallest absolute Gasteiger partial charge is 0.247 e. The molecular weight excluding hydrogens is 407 g/mol. The Bertz CT molecular complexity index is 1100. The van der Waals surface area contributed by atoms with Crippen LogP contribution in [0.2, 0.25) is 0 Å². The summed E-state index contributed by atoms with van der Waals surface area (Å²) in [6.45, 7) is 1.48. The number of hydrogen-bond donors (Lipinski definition) is 1. The van der Waals surface area contributed by atoms with E-state index in [1.165, 1.54) is 31.2 Å². The Morgan fingerprint density at radius 1 is 0.933 bits per heavy atom. The molecule has 3 aromatic rings. The number of sulfonamides is 1. The standard InChI is InChI=1S/C22H21FN2O4S/c1-16(22(26)24-18-10-8-17(23)9-11-18)25(30(2,27)28)19-12-14-21(15-13-19)29-20-6-4-3-5-7-20/h3-16H,1-2H3,(H,24,26). The van der Waals surface area contributed by atoms with Crippen LogP contribution in [0.1, 0.15) is 6.92 Å². The highest BCUT2D eigenvalue weighted by molar-refractivity contribution is 7.92. The van der Waals surface area contributed by atoms with Gasteiger partial charge in [-0.2, -0.15) is 0 Å². The Hall–Kier alpha value is -3.39. The van der Waals surface area contributed by atoms with Gasteiger partial charge in [0.15, 0.2) is 0 Å². The van der Waals surface area contributed by atoms with Crippen molar-refractivity contribution in [3.8, 4) is 11.5 Å². The second kappa shape index (κ2) is 8.96. The third kappa shape index (κ3) is 5.36. The molecule has 8 heteroatoms. The monoisotopic (exact) mass is 428 g/mol. The van der Waals surface area contributed by atoms with Gasteiger partial charge in [-0.15, -0.1) is 0 Å². The minimum Gasteiger partial charge on any atom is -0.457 e. The number of carbonyl (C=O) groups is 1. The molecule has 0 saturated carbocycles. The van der Waals surface area contributed by atoms with Crippen molar-refractivity contribution in [2.24, 2.45) is 0 Å². The number of rotatable bonds is 7. The summed E-state index contributed by atoms with van der Waals surface area (Å²) in [6, 6.07) is 19.8. The Morgan fingerprint density at radius 3 is 2.07 bits per heavy atom. The summed E-state index contributed by atoms with van der Waals surface area (Å²) in [5, 5.41) is 2.60. The van der Waals surface area contributed by atoms with E-state index in [9.17, 15) is 17.6 Å². The van der Waals surface area contributed by atoms with Crippen molar-refractivity contribution in [2.75, 3.05) is 15.9 Å². The van der Waals surface area contributed by atoms with Gasteiger partial charge in [0, 0.05) is 5.69 Å². The summed E-state index contributed by atoms with van der Waals surface area (Å²) < 4.78 is 44.6. The molecule has 3 aromatic carbocycles. The zero-order chi connectivity index (χ0) is 21.7. The van der Waals surface area contributed by atoms with Crippen molar-refractivity contribution in [3.63, 3.8) is 0 Å². The number of carbonyl (C=O) groups excluding carboxylic acids is 1. The summed E-state index contributed by atoms with van der Waals surface area (Å²) >= 11 is 0. The molecule has 0 aromatic heterocycles. The molecule has 0 bridgehead atoms. The Labute approximate surface area is 175 Å². The van der Waals surface area contributed by atoms with Crippen LogP contribution in [0.3, 0.4) is 0 Å². The molecule has 0 saturated heterocycles. The van der Waals surface area contributed by atoms with E-state index in [1.54, 1.807) is 36.4 Å². The summed E-state index contributed by atoms with van der Waals surface area (Å²) in [5.41, 5.74) is 0.688. The predicted octanol–water partition coefficient (Wildman–Crippen LogP) is 4.41. The predicted molar refractivity (Wildman–Crippen MR) is 115 cm³/mol. The van der Waals surface area contributed by atoms with Crippen LogP contribution in [0.15, 0.2) is 78.9 Å². The van der Waals surface area contributed by atoms with Crippen LogP contribution >= 0.6 is 0 Å². The lowest BCUT2D eigenvalue weighted by molar-refractivity contribution is -0.116. The molecule has 0 aliphatic rings. The molecule has 0 aliphatic carbocycles. The average molecular weight is 428 g/mol. The third-order valence-electron chi connectivity index (χ3n) is 4.27. The molecule has 3 rings (SSSR count). The lowest BCUT2D eigenvalue weighted by Gasteiger charge is -2.28. The first-order chi connectivity index (χ1) is 14.2. The van der Waals surface area contributed by atoms with Crippen LogP contribution in [0, 0.1) is 5.82 Å². The van der Waals surface area contributed by atoms with Crippen LogP contribution < -0.4 is 14.4 Å². The molecule has 156 valence electrons. The van der Waals surface area contributed by atoms with Gasteiger partial charge in [0.05, 0.1) is 11.9 Å². The molecule has 0 radical (unpaired) electrons. The second-order valence-corrected chi connectivity index (χ2v) is 8.50. The van der Waals surface area contributed by atoms with Gasteiger partial charge in [-0.1, -0.05) is 18.2 Å². The number of benzene rings is 3. The third-order valence-corrected chi connectivity index (χ3v) is 5.51. The fraction of sp³-hybridized carbons (Fsp3) is 0.136. The maximum Gasteiger partial charge on any atom is 0.247 e. The van der Waals surface area contributed by atoms with Crippen LogP contribution in [-0.4, -0.2) is 26.6 Å². The topological polar surface area (TPSA) is 75.7 Å². The molecule has 0 aliphatic heterocycles. The Morgan fingerprint density at radius 2 is 1.50 bits per heavy atom. The van der Waals surface area contributed by atoms with Gasteiger partial charge in [0.1, 0.15) is 23.4 Å². The van der Waals surface area contributed by atoms with Crippen molar-refractivity contribution < 1.29 is 22.3 Å². The number of anilines is 2. The van der Waals surface area contributed by atoms with E-state index >= 15 is 0 Å². The van der Waals surface area contributed by atoms with Crippen LogP contribution in [0.5, 0.6) is 11.5 Å². The van der Waals surface area contributed by atoms with Gasteiger partial charge >= 0.3 is 0 Å². The highest BCUT2D eigenvalue weighted by Gasteiger charge is 2.29. The van der Waals surface area contributed by atoms with E-state index < -0.39 is 27.8 Å². The molecular formula is C22H21FN2O4S. The molecule has 0 heterocycles. The number of amides is 1. The van der Waals surface area contributed by atoms with Crippen LogP contribution in [-0.2, 0) is 14.8 Å². The molecule has 1 N–H and O–H groups in total.